The number of H-pyrrole nitrogens is 1. The summed E-state index contributed by atoms with van der Waals surface area (Å²) < 4.78 is 1.38. The quantitative estimate of drug-likeness (QED) is 0.480. The van der Waals surface area contributed by atoms with E-state index in [0.29, 0.717) is 16.3 Å². The fraction of sp³-hybridized carbons (Fsp3) is 0.500. The SMILES string of the molecule is CCN(CC)c1nc(NN)nc(Sc2n[nH]c(=O)n2C)n1. The maximum Gasteiger partial charge on any atom is 0.343 e. The molecule has 2 heterocycles. The third-order valence-electron chi connectivity index (χ3n) is 2.80. The van der Waals surface area contributed by atoms with Crippen LogP contribution in [0.2, 0.25) is 0 Å². The van der Waals surface area contributed by atoms with Gasteiger partial charge in [0.1, 0.15) is 0 Å². The van der Waals surface area contributed by atoms with Crippen LogP contribution in [0.5, 0.6) is 0 Å². The number of nitrogens with two attached hydrogens (primary N) is 1. The second-order valence-corrected chi connectivity index (χ2v) is 4.97. The Kier molecular flexibility index (Phi) is 4.75. The Morgan fingerprint density at radius 2 is 2.05 bits per heavy atom. The van der Waals surface area contributed by atoms with Crippen molar-refractivity contribution in [2.75, 3.05) is 23.4 Å². The Labute approximate surface area is 125 Å². The van der Waals surface area contributed by atoms with Crippen LogP contribution in [0, 0.1) is 0 Å². The maximum atomic E-state index is 11.4. The molecule has 0 aliphatic heterocycles. The summed E-state index contributed by atoms with van der Waals surface area (Å²) >= 11 is 1.15. The number of aromatic amines is 1. The first-order chi connectivity index (χ1) is 10.1. The van der Waals surface area contributed by atoms with E-state index in [4.69, 9.17) is 5.84 Å². The molecule has 114 valence electrons. The molecule has 0 bridgehead atoms. The average Bonchev–Trinajstić information content (AvgIpc) is 2.80. The van der Waals surface area contributed by atoms with Gasteiger partial charge in [-0.15, -0.1) is 5.10 Å². The van der Waals surface area contributed by atoms with Crippen molar-refractivity contribution in [2.24, 2.45) is 12.9 Å². The van der Waals surface area contributed by atoms with Crippen LogP contribution >= 0.6 is 11.8 Å². The van der Waals surface area contributed by atoms with E-state index in [1.807, 2.05) is 18.7 Å². The molecule has 0 saturated carbocycles. The molecule has 10 nitrogen and oxygen atoms in total. The van der Waals surface area contributed by atoms with Crippen LogP contribution in [-0.4, -0.2) is 42.8 Å². The molecule has 4 N–H and O–H groups in total. The van der Waals surface area contributed by atoms with Gasteiger partial charge in [-0.1, -0.05) is 0 Å². The molecule has 21 heavy (non-hydrogen) atoms. The van der Waals surface area contributed by atoms with Crippen LogP contribution in [0.1, 0.15) is 13.8 Å². The highest BCUT2D eigenvalue weighted by atomic mass is 32.2. The predicted molar refractivity (Wildman–Crippen MR) is 79.1 cm³/mol. The first-order valence-corrected chi connectivity index (χ1v) is 7.17. The fourth-order valence-corrected chi connectivity index (χ4v) is 2.34. The minimum atomic E-state index is -0.298. The van der Waals surface area contributed by atoms with Crippen LogP contribution in [0.3, 0.4) is 0 Å². The number of anilines is 2. The summed E-state index contributed by atoms with van der Waals surface area (Å²) in [7, 11) is 1.61. The first kappa shape index (κ1) is 15.3. The third-order valence-corrected chi connectivity index (χ3v) is 3.71. The Hall–Kier alpha value is -2.14. The van der Waals surface area contributed by atoms with E-state index in [1.54, 1.807) is 7.05 Å². The van der Waals surface area contributed by atoms with Crippen molar-refractivity contribution in [3.8, 4) is 0 Å². The Balaban J connectivity index is 2.36. The lowest BCUT2D eigenvalue weighted by Gasteiger charge is -2.18. The van der Waals surface area contributed by atoms with Gasteiger partial charge in [0.15, 0.2) is 5.16 Å². The number of hydrazine groups is 1. The van der Waals surface area contributed by atoms with Crippen LogP contribution in [0.25, 0.3) is 0 Å². The molecule has 2 rings (SSSR count). The van der Waals surface area contributed by atoms with Crippen LogP contribution < -0.4 is 21.9 Å². The van der Waals surface area contributed by atoms with Crippen molar-refractivity contribution in [3.63, 3.8) is 0 Å². The zero-order valence-corrected chi connectivity index (χ0v) is 12.8. The monoisotopic (exact) mass is 311 g/mol. The topological polar surface area (TPSA) is 131 Å². The van der Waals surface area contributed by atoms with E-state index < -0.39 is 0 Å². The van der Waals surface area contributed by atoms with Crippen LogP contribution in [0.15, 0.2) is 15.1 Å². The van der Waals surface area contributed by atoms with Gasteiger partial charge >= 0.3 is 5.69 Å². The summed E-state index contributed by atoms with van der Waals surface area (Å²) in [5.74, 6) is 6.17. The second kappa shape index (κ2) is 6.54. The minimum Gasteiger partial charge on any atom is -0.341 e. The van der Waals surface area contributed by atoms with Gasteiger partial charge in [-0.05, 0) is 25.6 Å². The lowest BCUT2D eigenvalue weighted by molar-refractivity contribution is 0.755. The van der Waals surface area contributed by atoms with Crippen molar-refractivity contribution >= 4 is 23.7 Å². The smallest absolute Gasteiger partial charge is 0.341 e. The molecule has 0 aliphatic rings. The minimum absolute atomic E-state index is 0.259. The average molecular weight is 311 g/mol. The number of nitrogen functional groups attached to an aromatic ring is 1. The highest BCUT2D eigenvalue weighted by Crippen LogP contribution is 2.23. The molecular formula is C10H17N9OS. The molecular weight excluding hydrogens is 294 g/mol. The molecule has 0 amide bonds. The molecule has 0 spiro atoms. The number of nitrogens with zero attached hydrogens (tertiary/aromatic N) is 6. The van der Waals surface area contributed by atoms with Gasteiger partial charge in [-0.3, -0.25) is 9.99 Å². The van der Waals surface area contributed by atoms with Crippen molar-refractivity contribution in [1.82, 2.24) is 29.7 Å². The van der Waals surface area contributed by atoms with E-state index in [1.165, 1.54) is 4.57 Å². The third kappa shape index (κ3) is 3.31. The fourth-order valence-electron chi connectivity index (χ4n) is 1.61. The van der Waals surface area contributed by atoms with Crippen LogP contribution in [0.4, 0.5) is 11.9 Å². The Morgan fingerprint density at radius 3 is 2.57 bits per heavy atom. The zero-order valence-electron chi connectivity index (χ0n) is 12.0. The summed E-state index contributed by atoms with van der Waals surface area (Å²) in [5, 5.41) is 7.13. The van der Waals surface area contributed by atoms with Crippen molar-refractivity contribution < 1.29 is 0 Å². The molecule has 11 heteroatoms. The van der Waals surface area contributed by atoms with Crippen LogP contribution in [-0.2, 0) is 7.05 Å². The van der Waals surface area contributed by atoms with Gasteiger partial charge in [0, 0.05) is 20.1 Å². The molecule has 2 aromatic heterocycles. The van der Waals surface area contributed by atoms with E-state index in [-0.39, 0.29) is 11.6 Å². The summed E-state index contributed by atoms with van der Waals surface area (Å²) in [5.41, 5.74) is 2.12. The molecule has 0 aliphatic carbocycles. The molecule has 0 saturated heterocycles. The summed E-state index contributed by atoms with van der Waals surface area (Å²) in [4.78, 5) is 26.1. The highest BCUT2D eigenvalue weighted by Gasteiger charge is 2.14. The maximum absolute atomic E-state index is 11.4. The number of hydrogen-bond donors (Lipinski definition) is 3. The largest absolute Gasteiger partial charge is 0.343 e. The number of nitrogens with one attached hydrogen (secondary N) is 2. The van der Waals surface area contributed by atoms with Crippen molar-refractivity contribution in [3.05, 3.63) is 10.5 Å². The number of hydrogen-bond acceptors (Lipinski definition) is 9. The van der Waals surface area contributed by atoms with Gasteiger partial charge in [-0.2, -0.15) is 15.0 Å². The molecule has 0 unspecified atom stereocenters. The van der Waals surface area contributed by atoms with Gasteiger partial charge in [-0.25, -0.2) is 15.7 Å². The lowest BCUT2D eigenvalue weighted by Crippen LogP contribution is -2.25. The zero-order chi connectivity index (χ0) is 15.4. The first-order valence-electron chi connectivity index (χ1n) is 6.35. The van der Waals surface area contributed by atoms with Gasteiger partial charge < -0.3 is 4.90 Å². The lowest BCUT2D eigenvalue weighted by atomic mass is 10.5. The molecule has 0 radical (unpaired) electrons. The van der Waals surface area contributed by atoms with Gasteiger partial charge in [0.2, 0.25) is 17.1 Å². The Morgan fingerprint density at radius 1 is 1.33 bits per heavy atom. The molecule has 0 atom stereocenters. The highest BCUT2D eigenvalue weighted by molar-refractivity contribution is 7.99. The van der Waals surface area contributed by atoms with Gasteiger partial charge in [0.25, 0.3) is 0 Å². The number of aromatic nitrogens is 6. The Bertz CT molecular complexity index is 663. The summed E-state index contributed by atoms with van der Waals surface area (Å²) in [6, 6.07) is 0. The molecule has 2 aromatic rings. The van der Waals surface area contributed by atoms with Crippen molar-refractivity contribution in [2.45, 2.75) is 24.2 Å². The van der Waals surface area contributed by atoms with E-state index in [9.17, 15) is 4.79 Å². The predicted octanol–water partition coefficient (Wildman–Crippen LogP) is -0.424. The molecule has 0 aromatic carbocycles. The second-order valence-electron chi connectivity index (χ2n) is 4.03. The number of rotatable bonds is 6. The summed E-state index contributed by atoms with van der Waals surface area (Å²) in [6.07, 6.45) is 0. The normalized spacial score (nSPS) is 10.7. The van der Waals surface area contributed by atoms with E-state index >= 15 is 0 Å². The van der Waals surface area contributed by atoms with Crippen molar-refractivity contribution in [1.29, 1.82) is 0 Å². The summed E-state index contributed by atoms with van der Waals surface area (Å²) in [6.45, 7) is 5.53. The molecule has 0 fully saturated rings. The standard InChI is InChI=1S/C10H17N9OS/c1-4-19(5-2)7-12-6(15-11)13-8(14-7)21-10-17-16-9(20)18(10)3/h4-5,11H2,1-3H3,(H,16,20)(H,12,13,14,15). The van der Waals surface area contributed by atoms with E-state index in [2.05, 4.69) is 30.6 Å². The van der Waals surface area contributed by atoms with Gasteiger partial charge in [0.05, 0.1) is 0 Å². The van der Waals surface area contributed by atoms with E-state index in [0.717, 1.165) is 24.9 Å².